The monoisotopic (exact) mass is 300 g/mol. The van der Waals surface area contributed by atoms with E-state index < -0.39 is 5.82 Å². The molecule has 0 amide bonds. The number of likely N-dealkylation sites (N-methyl/N-ethyl adjacent to an activating group) is 1. The molecule has 1 fully saturated rings. The molecule has 0 aromatic heterocycles. The van der Waals surface area contributed by atoms with E-state index in [2.05, 4.69) is 16.8 Å². The molecule has 6 heteroatoms. The molecule has 0 atom stereocenters. The number of Topliss-reactive ketones (excluding diaryl/α,β-unsaturated/α-hetero) is 1. The molecule has 110 valence electrons. The summed E-state index contributed by atoms with van der Waals surface area (Å²) in [6, 6.07) is 2.64. The van der Waals surface area contributed by atoms with Crippen molar-refractivity contribution < 1.29 is 13.9 Å². The van der Waals surface area contributed by atoms with Gasteiger partial charge in [-0.3, -0.25) is 9.69 Å². The van der Waals surface area contributed by atoms with Crippen LogP contribution in [0.3, 0.4) is 0 Å². The summed E-state index contributed by atoms with van der Waals surface area (Å²) in [6.07, 6.45) is 0. The lowest BCUT2D eigenvalue weighted by Crippen LogP contribution is -2.46. The second kappa shape index (κ2) is 6.52. The van der Waals surface area contributed by atoms with E-state index in [1.807, 2.05) is 0 Å². The third-order valence-corrected chi connectivity index (χ3v) is 3.77. The minimum atomic E-state index is -0.610. The number of piperazine rings is 1. The summed E-state index contributed by atoms with van der Waals surface area (Å²) < 4.78 is 18.6. The van der Waals surface area contributed by atoms with Crippen LogP contribution < -0.4 is 4.74 Å². The lowest BCUT2D eigenvalue weighted by molar-refractivity contribution is 0.0876. The average molecular weight is 301 g/mol. The van der Waals surface area contributed by atoms with Crippen LogP contribution in [0.1, 0.15) is 10.4 Å². The molecule has 4 nitrogen and oxygen atoms in total. The molecule has 0 unspecified atom stereocenters. The molecule has 0 spiro atoms. The van der Waals surface area contributed by atoms with Crippen molar-refractivity contribution in [1.29, 1.82) is 0 Å². The van der Waals surface area contributed by atoms with E-state index in [0.717, 1.165) is 26.2 Å². The lowest BCUT2D eigenvalue weighted by Gasteiger charge is -2.31. The molecule has 1 heterocycles. The summed E-state index contributed by atoms with van der Waals surface area (Å²) in [5.41, 5.74) is 0.284. The van der Waals surface area contributed by atoms with Crippen LogP contribution in [0.25, 0.3) is 0 Å². The fourth-order valence-corrected chi connectivity index (χ4v) is 2.50. The van der Waals surface area contributed by atoms with Crippen LogP contribution in [0.15, 0.2) is 12.1 Å². The third kappa shape index (κ3) is 3.48. The number of hydrogen-bond acceptors (Lipinski definition) is 4. The molecule has 0 N–H and O–H groups in total. The first-order valence-electron chi connectivity index (χ1n) is 6.48. The number of benzene rings is 1. The summed E-state index contributed by atoms with van der Waals surface area (Å²) in [4.78, 5) is 16.5. The van der Waals surface area contributed by atoms with Crippen LogP contribution in [0.2, 0.25) is 5.02 Å². The van der Waals surface area contributed by atoms with Gasteiger partial charge in [0.1, 0.15) is 0 Å². The molecule has 0 radical (unpaired) electrons. The Morgan fingerprint density at radius 1 is 1.35 bits per heavy atom. The van der Waals surface area contributed by atoms with Crippen molar-refractivity contribution in [3.8, 4) is 5.75 Å². The van der Waals surface area contributed by atoms with Crippen molar-refractivity contribution in [3.05, 3.63) is 28.5 Å². The molecular weight excluding hydrogens is 283 g/mol. The highest BCUT2D eigenvalue weighted by molar-refractivity contribution is 6.32. The van der Waals surface area contributed by atoms with Crippen LogP contribution in [-0.2, 0) is 0 Å². The van der Waals surface area contributed by atoms with Gasteiger partial charge in [0.2, 0.25) is 0 Å². The Labute approximate surface area is 123 Å². The van der Waals surface area contributed by atoms with Gasteiger partial charge < -0.3 is 9.64 Å². The van der Waals surface area contributed by atoms with Crippen LogP contribution in [0, 0.1) is 5.82 Å². The number of ether oxygens (including phenoxy) is 1. The van der Waals surface area contributed by atoms with Gasteiger partial charge in [-0.1, -0.05) is 11.6 Å². The zero-order valence-electron chi connectivity index (χ0n) is 11.7. The summed E-state index contributed by atoms with van der Waals surface area (Å²) in [5, 5.41) is 0.120. The molecule has 0 aliphatic carbocycles. The van der Waals surface area contributed by atoms with Gasteiger partial charge in [-0.2, -0.15) is 0 Å². The Kier molecular flexibility index (Phi) is 4.96. The predicted octanol–water partition coefficient (Wildman–Crippen LogP) is 1.92. The van der Waals surface area contributed by atoms with Gasteiger partial charge in [0.25, 0.3) is 0 Å². The van der Waals surface area contributed by atoms with Gasteiger partial charge in [-0.25, -0.2) is 4.39 Å². The highest BCUT2D eigenvalue weighted by Crippen LogP contribution is 2.29. The van der Waals surface area contributed by atoms with Crippen molar-refractivity contribution in [2.45, 2.75) is 0 Å². The first kappa shape index (κ1) is 15.2. The second-order valence-corrected chi connectivity index (χ2v) is 5.38. The van der Waals surface area contributed by atoms with Crippen molar-refractivity contribution in [2.75, 3.05) is 46.9 Å². The van der Waals surface area contributed by atoms with Crippen LogP contribution in [-0.4, -0.2) is 62.5 Å². The summed E-state index contributed by atoms with van der Waals surface area (Å²) >= 11 is 5.90. The Hall–Kier alpha value is -1.17. The largest absolute Gasteiger partial charge is 0.492 e. The number of carbonyl (C=O) groups excluding carboxylic acids is 1. The van der Waals surface area contributed by atoms with E-state index >= 15 is 0 Å². The number of halogens is 2. The van der Waals surface area contributed by atoms with Crippen molar-refractivity contribution in [3.63, 3.8) is 0 Å². The van der Waals surface area contributed by atoms with Gasteiger partial charge in [0.05, 0.1) is 18.7 Å². The first-order chi connectivity index (χ1) is 9.51. The molecule has 0 saturated carbocycles. The van der Waals surface area contributed by atoms with Gasteiger partial charge in [0, 0.05) is 31.7 Å². The fourth-order valence-electron chi connectivity index (χ4n) is 2.22. The van der Waals surface area contributed by atoms with E-state index in [1.165, 1.54) is 19.2 Å². The standard InChI is InChI=1S/C14H18ClFN2O2/c1-17-3-5-18(6-4-17)9-13(19)10-7-11(15)14(20-2)12(16)8-10/h7-8H,3-6,9H2,1-2H3. The van der Waals surface area contributed by atoms with Crippen molar-refractivity contribution >= 4 is 17.4 Å². The molecule has 1 aromatic carbocycles. The highest BCUT2D eigenvalue weighted by Gasteiger charge is 2.19. The summed E-state index contributed by atoms with van der Waals surface area (Å²) in [6.45, 7) is 3.84. The average Bonchev–Trinajstić information content (AvgIpc) is 2.41. The SMILES string of the molecule is COc1c(F)cc(C(=O)CN2CCN(C)CC2)cc1Cl. The maximum atomic E-state index is 13.7. The number of rotatable bonds is 4. The third-order valence-electron chi connectivity index (χ3n) is 3.49. The van der Waals surface area contributed by atoms with Gasteiger partial charge in [0.15, 0.2) is 17.3 Å². The maximum Gasteiger partial charge on any atom is 0.176 e. The number of hydrogen-bond donors (Lipinski definition) is 0. The Balaban J connectivity index is 2.06. The van der Waals surface area contributed by atoms with Crippen molar-refractivity contribution in [2.24, 2.45) is 0 Å². The fraction of sp³-hybridized carbons (Fsp3) is 0.500. The van der Waals surface area contributed by atoms with E-state index in [-0.39, 0.29) is 28.7 Å². The van der Waals surface area contributed by atoms with Crippen LogP contribution >= 0.6 is 11.6 Å². The van der Waals surface area contributed by atoms with E-state index in [1.54, 1.807) is 0 Å². The number of carbonyl (C=O) groups is 1. The molecular formula is C14H18ClFN2O2. The molecule has 0 bridgehead atoms. The quantitative estimate of drug-likeness (QED) is 0.796. The number of nitrogens with zero attached hydrogens (tertiary/aromatic N) is 2. The van der Waals surface area contributed by atoms with Gasteiger partial charge in [-0.15, -0.1) is 0 Å². The molecule has 1 saturated heterocycles. The van der Waals surface area contributed by atoms with Gasteiger partial charge in [-0.05, 0) is 19.2 Å². The molecule has 1 aromatic rings. The smallest absolute Gasteiger partial charge is 0.176 e. The molecule has 20 heavy (non-hydrogen) atoms. The van der Waals surface area contributed by atoms with E-state index in [4.69, 9.17) is 16.3 Å². The normalized spacial score (nSPS) is 17.2. The van der Waals surface area contributed by atoms with E-state index in [9.17, 15) is 9.18 Å². The second-order valence-electron chi connectivity index (χ2n) is 4.98. The molecule has 1 aliphatic rings. The first-order valence-corrected chi connectivity index (χ1v) is 6.86. The van der Waals surface area contributed by atoms with Crippen molar-refractivity contribution in [1.82, 2.24) is 9.80 Å². The lowest BCUT2D eigenvalue weighted by atomic mass is 10.1. The minimum absolute atomic E-state index is 0.0252. The molecule has 1 aliphatic heterocycles. The summed E-state index contributed by atoms with van der Waals surface area (Å²) in [7, 11) is 3.40. The van der Waals surface area contributed by atoms with Crippen LogP contribution in [0.4, 0.5) is 4.39 Å². The minimum Gasteiger partial charge on any atom is -0.492 e. The topological polar surface area (TPSA) is 32.8 Å². The maximum absolute atomic E-state index is 13.7. The zero-order valence-corrected chi connectivity index (χ0v) is 12.4. The zero-order chi connectivity index (χ0) is 14.7. The predicted molar refractivity (Wildman–Crippen MR) is 76.2 cm³/mol. The Morgan fingerprint density at radius 2 is 2.00 bits per heavy atom. The number of ketones is 1. The Morgan fingerprint density at radius 3 is 2.55 bits per heavy atom. The van der Waals surface area contributed by atoms with E-state index in [0.29, 0.717) is 0 Å². The summed E-state index contributed by atoms with van der Waals surface area (Å²) in [5.74, 6) is -0.762. The Bertz CT molecular complexity index is 479. The molecule has 2 rings (SSSR count). The number of methoxy groups -OCH3 is 1. The highest BCUT2D eigenvalue weighted by atomic mass is 35.5. The van der Waals surface area contributed by atoms with Crippen LogP contribution in [0.5, 0.6) is 5.75 Å². The van der Waals surface area contributed by atoms with Gasteiger partial charge >= 0.3 is 0 Å².